The maximum absolute atomic E-state index is 11.4. The summed E-state index contributed by atoms with van der Waals surface area (Å²) >= 11 is 0. The first-order valence-electron chi connectivity index (χ1n) is 8.42. The SMILES string of the molecule is C[N+](C)(C)CCOC(=O)NCCCCNC(=O)OCC[N+](C)(C)C. The van der Waals surface area contributed by atoms with Crippen LogP contribution in [0.15, 0.2) is 0 Å². The first-order chi connectivity index (χ1) is 11.0. The van der Waals surface area contributed by atoms with Gasteiger partial charge in [0.25, 0.3) is 0 Å². The summed E-state index contributed by atoms with van der Waals surface area (Å²) in [5.41, 5.74) is 0. The van der Waals surface area contributed by atoms with Gasteiger partial charge in [-0.25, -0.2) is 9.59 Å². The zero-order valence-corrected chi connectivity index (χ0v) is 16.2. The van der Waals surface area contributed by atoms with E-state index in [0.29, 0.717) is 26.3 Å². The van der Waals surface area contributed by atoms with Gasteiger partial charge in [0.1, 0.15) is 26.3 Å². The number of rotatable bonds is 11. The summed E-state index contributed by atoms with van der Waals surface area (Å²) < 4.78 is 11.7. The van der Waals surface area contributed by atoms with E-state index in [1.807, 2.05) is 42.3 Å². The number of hydrogen-bond acceptors (Lipinski definition) is 4. The number of quaternary nitrogens is 2. The summed E-state index contributed by atoms with van der Waals surface area (Å²) in [5.74, 6) is 0. The molecule has 0 atom stereocenters. The minimum absolute atomic E-state index is 0.392. The molecule has 0 spiro atoms. The van der Waals surface area contributed by atoms with Gasteiger partial charge in [0.05, 0.1) is 42.3 Å². The molecule has 0 bridgehead atoms. The average Bonchev–Trinajstić information content (AvgIpc) is 2.39. The quantitative estimate of drug-likeness (QED) is 0.424. The molecule has 0 saturated carbocycles. The maximum Gasteiger partial charge on any atom is 0.407 e. The van der Waals surface area contributed by atoms with Crippen molar-refractivity contribution in [3.8, 4) is 0 Å². The monoisotopic (exact) mass is 348 g/mol. The fourth-order valence-electron chi connectivity index (χ4n) is 1.56. The fraction of sp³-hybridized carbons (Fsp3) is 0.875. The smallest absolute Gasteiger partial charge is 0.407 e. The minimum Gasteiger partial charge on any atom is -0.444 e. The van der Waals surface area contributed by atoms with Gasteiger partial charge < -0.3 is 29.1 Å². The number of nitrogens with one attached hydrogen (secondary N) is 2. The molecule has 24 heavy (non-hydrogen) atoms. The van der Waals surface area contributed by atoms with Gasteiger partial charge in [-0.2, -0.15) is 0 Å². The molecule has 0 aromatic rings. The summed E-state index contributed by atoms with van der Waals surface area (Å²) in [4.78, 5) is 22.9. The molecule has 0 fully saturated rings. The Morgan fingerprint density at radius 3 is 1.33 bits per heavy atom. The number of nitrogens with zero attached hydrogens (tertiary/aromatic N) is 2. The van der Waals surface area contributed by atoms with E-state index in [-0.39, 0.29) is 0 Å². The van der Waals surface area contributed by atoms with Crippen LogP contribution in [-0.4, -0.2) is 103 Å². The Morgan fingerprint density at radius 1 is 0.708 bits per heavy atom. The van der Waals surface area contributed by atoms with Crippen LogP contribution in [-0.2, 0) is 9.47 Å². The Balaban J connectivity index is 3.47. The van der Waals surface area contributed by atoms with Gasteiger partial charge in [0.2, 0.25) is 0 Å². The maximum atomic E-state index is 11.4. The van der Waals surface area contributed by atoms with Gasteiger partial charge in [0, 0.05) is 13.1 Å². The predicted octanol–water partition coefficient (Wildman–Crippen LogP) is 0.631. The molecule has 0 aliphatic rings. The lowest BCUT2D eigenvalue weighted by Gasteiger charge is -2.23. The fourth-order valence-corrected chi connectivity index (χ4v) is 1.56. The van der Waals surface area contributed by atoms with Crippen LogP contribution in [0.5, 0.6) is 0 Å². The highest BCUT2D eigenvalue weighted by Crippen LogP contribution is 1.92. The highest BCUT2D eigenvalue weighted by Gasteiger charge is 2.10. The van der Waals surface area contributed by atoms with Crippen molar-refractivity contribution in [1.82, 2.24) is 10.6 Å². The number of carbonyl (C=O) groups excluding carboxylic acids is 2. The lowest BCUT2D eigenvalue weighted by molar-refractivity contribution is -0.870. The zero-order valence-electron chi connectivity index (χ0n) is 16.2. The third-order valence-corrected chi connectivity index (χ3v) is 3.13. The molecule has 8 heteroatoms. The standard InChI is InChI=1S/C16H34N4O4/c1-19(2,3)11-13-23-15(21)17-9-7-8-10-18-16(22)24-14-12-20(4,5)6/h7-14H2,1-6H3/p+2. The van der Waals surface area contributed by atoms with E-state index in [9.17, 15) is 9.59 Å². The molecule has 2 N–H and O–H groups in total. The number of unbranched alkanes of at least 4 members (excludes halogenated alkanes) is 1. The molecule has 0 radical (unpaired) electrons. The zero-order chi connectivity index (χ0) is 18.6. The van der Waals surface area contributed by atoms with Crippen LogP contribution in [0.25, 0.3) is 0 Å². The number of hydrogen-bond donors (Lipinski definition) is 2. The molecular formula is C16H36N4O4+2. The normalized spacial score (nSPS) is 11.8. The molecule has 8 nitrogen and oxygen atoms in total. The highest BCUT2D eigenvalue weighted by atomic mass is 16.6. The van der Waals surface area contributed by atoms with Crippen molar-refractivity contribution in [3.63, 3.8) is 0 Å². The second-order valence-corrected chi connectivity index (χ2v) is 7.86. The van der Waals surface area contributed by atoms with Crippen molar-refractivity contribution in [2.24, 2.45) is 0 Å². The van der Waals surface area contributed by atoms with E-state index in [2.05, 4.69) is 10.6 Å². The van der Waals surface area contributed by atoms with Crippen LogP contribution in [0.4, 0.5) is 9.59 Å². The van der Waals surface area contributed by atoms with E-state index in [1.54, 1.807) is 0 Å². The summed E-state index contributed by atoms with van der Waals surface area (Å²) in [6.07, 6.45) is 0.750. The molecule has 0 aromatic carbocycles. The van der Waals surface area contributed by atoms with Crippen molar-refractivity contribution in [2.75, 3.05) is 81.7 Å². The molecule has 142 valence electrons. The largest absolute Gasteiger partial charge is 0.444 e. The van der Waals surface area contributed by atoms with Crippen LogP contribution in [0.3, 0.4) is 0 Å². The second kappa shape index (κ2) is 11.1. The number of ether oxygens (including phenoxy) is 2. The molecule has 0 aliphatic heterocycles. The second-order valence-electron chi connectivity index (χ2n) is 7.86. The topological polar surface area (TPSA) is 76.7 Å². The summed E-state index contributed by atoms with van der Waals surface area (Å²) in [7, 11) is 12.3. The van der Waals surface area contributed by atoms with Gasteiger partial charge in [-0.15, -0.1) is 0 Å². The van der Waals surface area contributed by atoms with Crippen LogP contribution in [0, 0.1) is 0 Å². The first kappa shape index (κ1) is 22.5. The third-order valence-electron chi connectivity index (χ3n) is 3.13. The molecule has 0 rings (SSSR count). The lowest BCUT2D eigenvalue weighted by atomic mass is 10.3. The number of likely N-dealkylation sites (N-methyl/N-ethyl adjacent to an activating group) is 2. The average molecular weight is 348 g/mol. The van der Waals surface area contributed by atoms with Crippen LogP contribution >= 0.6 is 0 Å². The molecule has 0 saturated heterocycles. The molecule has 2 amide bonds. The Bertz CT molecular complexity index is 339. The minimum atomic E-state index is -0.392. The number of amides is 2. The Labute approximate surface area is 146 Å². The van der Waals surface area contributed by atoms with E-state index < -0.39 is 12.2 Å². The number of alkyl carbamates (subject to hydrolysis) is 2. The van der Waals surface area contributed by atoms with E-state index in [0.717, 1.165) is 34.9 Å². The van der Waals surface area contributed by atoms with Gasteiger partial charge in [-0.1, -0.05) is 0 Å². The van der Waals surface area contributed by atoms with Crippen LogP contribution in [0.2, 0.25) is 0 Å². The number of carbonyl (C=O) groups is 2. The summed E-state index contributed by atoms with van der Waals surface area (Å²) in [5, 5.41) is 5.39. The molecule has 0 unspecified atom stereocenters. The van der Waals surface area contributed by atoms with Gasteiger partial charge in [0.15, 0.2) is 0 Å². The summed E-state index contributed by atoms with van der Waals surface area (Å²) in [6.45, 7) is 3.40. The van der Waals surface area contributed by atoms with Gasteiger partial charge >= 0.3 is 12.2 Å². The Hall–Kier alpha value is -1.54. The van der Waals surface area contributed by atoms with Crippen LogP contribution < -0.4 is 10.6 Å². The molecule has 0 heterocycles. The molecule has 0 aromatic heterocycles. The van der Waals surface area contributed by atoms with E-state index in [1.165, 1.54) is 0 Å². The van der Waals surface area contributed by atoms with Crippen molar-refractivity contribution in [1.29, 1.82) is 0 Å². The highest BCUT2D eigenvalue weighted by molar-refractivity contribution is 5.67. The molecule has 0 aliphatic carbocycles. The van der Waals surface area contributed by atoms with Gasteiger partial charge in [-0.05, 0) is 12.8 Å². The van der Waals surface area contributed by atoms with Crippen molar-refractivity contribution >= 4 is 12.2 Å². The predicted molar refractivity (Wildman–Crippen MR) is 93.7 cm³/mol. The van der Waals surface area contributed by atoms with Crippen molar-refractivity contribution < 1.29 is 28.0 Å². The van der Waals surface area contributed by atoms with E-state index >= 15 is 0 Å². The van der Waals surface area contributed by atoms with Gasteiger partial charge in [-0.3, -0.25) is 0 Å². The molecular weight excluding hydrogens is 312 g/mol. The van der Waals surface area contributed by atoms with Crippen LogP contribution in [0.1, 0.15) is 12.8 Å². The van der Waals surface area contributed by atoms with Crippen molar-refractivity contribution in [3.05, 3.63) is 0 Å². The Morgan fingerprint density at radius 2 is 1.04 bits per heavy atom. The first-order valence-corrected chi connectivity index (χ1v) is 8.42. The third kappa shape index (κ3) is 16.8. The summed E-state index contributed by atoms with van der Waals surface area (Å²) in [6, 6.07) is 0. The van der Waals surface area contributed by atoms with E-state index in [4.69, 9.17) is 9.47 Å². The Kier molecular flexibility index (Phi) is 10.4. The van der Waals surface area contributed by atoms with Crippen molar-refractivity contribution in [2.45, 2.75) is 12.8 Å². The lowest BCUT2D eigenvalue weighted by Crippen LogP contribution is -2.39.